The molecule has 0 aliphatic heterocycles. The number of hydrogen-bond donors (Lipinski definition) is 0. The summed E-state index contributed by atoms with van der Waals surface area (Å²) >= 11 is 5.86. The number of fused-ring (bicyclic) bond motifs is 30. The van der Waals surface area contributed by atoms with Crippen molar-refractivity contribution in [3.8, 4) is 95.0 Å². The van der Waals surface area contributed by atoms with Gasteiger partial charge in [0.1, 0.15) is 0 Å². The van der Waals surface area contributed by atoms with Crippen LogP contribution in [0.1, 0.15) is 74.9 Å². The second kappa shape index (κ2) is 28.6. The van der Waals surface area contributed by atoms with Crippen molar-refractivity contribution in [1.29, 1.82) is 0 Å². The van der Waals surface area contributed by atoms with Crippen LogP contribution in [0.5, 0.6) is 0 Å². The maximum atomic E-state index is 2.41. The molecule has 0 saturated heterocycles. The Hall–Kier alpha value is -14.8. The molecule has 25 aromatic rings. The van der Waals surface area contributed by atoms with Gasteiger partial charge in [0.05, 0.1) is 33.1 Å². The van der Waals surface area contributed by atoms with Gasteiger partial charge in [0.2, 0.25) is 0 Å². The molecule has 3 nitrogen and oxygen atoms in total. The minimum Gasteiger partial charge on any atom is -0.309 e. The van der Waals surface area contributed by atoms with Gasteiger partial charge < -0.3 is 13.7 Å². The highest BCUT2D eigenvalue weighted by Crippen LogP contribution is 2.59. The summed E-state index contributed by atoms with van der Waals surface area (Å²) < 4.78 is 15.5. The minimum absolute atomic E-state index is 0.00835. The Labute approximate surface area is 760 Å². The summed E-state index contributed by atoms with van der Waals surface area (Å²) in [6.07, 6.45) is 0. The van der Waals surface area contributed by atoms with Crippen molar-refractivity contribution in [3.05, 3.63) is 440 Å². The molecule has 6 heteroatoms. The molecule has 610 valence electrons. The summed E-state index contributed by atoms with van der Waals surface area (Å²) in [4.78, 5) is 0. The van der Waals surface area contributed by atoms with Gasteiger partial charge in [0.15, 0.2) is 0 Å². The standard InChI is InChI=1S/C45H31NS.2C39H27NS/c1-45(2)38-17-8-6-14-36(38)42-39(45)25-24-35-34-16-10-15-32(43(34)47-44(35)42)29-21-19-28(20-22-29)30-23-26-41-37(27-30)33-13-7-9-18-40(33)46(41)31-11-4-3-5-12-31;1-39(2)32-18-6-3-15-31(32)36-33(39)22-21-30-29-17-10-16-26(37(29)41-38(30)36)24-11-9-12-25(23-24)40-34-19-7-4-13-27(34)28-14-5-8-20-35(28)40;1-39(2)32-15-6-3-12-31(32)36-33(39)23-22-30-29-14-9-13-26(37(29)41-38(30)36)24-18-20-25(21-19-24)40-34-16-7-4-10-27(34)28-11-5-8-17-35(28)40/h3-27H,1-2H3;2*3-23H,1-2H3. The molecule has 0 saturated carbocycles. The van der Waals surface area contributed by atoms with Crippen LogP contribution < -0.4 is 0 Å². The number of nitrogens with zero attached hydrogens (tertiary/aromatic N) is 3. The van der Waals surface area contributed by atoms with Gasteiger partial charge in [-0.2, -0.15) is 0 Å². The van der Waals surface area contributed by atoms with Crippen LogP contribution >= 0.6 is 34.0 Å². The summed E-state index contributed by atoms with van der Waals surface area (Å²) in [5, 5.41) is 15.8. The van der Waals surface area contributed by atoms with Crippen molar-refractivity contribution in [2.24, 2.45) is 0 Å². The molecule has 6 heterocycles. The Bertz CT molecular complexity index is 8910. The van der Waals surface area contributed by atoms with E-state index in [0.717, 1.165) is 0 Å². The lowest BCUT2D eigenvalue weighted by Gasteiger charge is -2.21. The van der Waals surface area contributed by atoms with Crippen LogP contribution in [0.2, 0.25) is 0 Å². The molecular formula is C123H85N3S3. The van der Waals surface area contributed by atoms with E-state index in [1.807, 2.05) is 34.0 Å². The average Bonchev–Trinajstić information content (AvgIpc) is 1.62. The third kappa shape index (κ3) is 11.2. The van der Waals surface area contributed by atoms with E-state index in [9.17, 15) is 0 Å². The van der Waals surface area contributed by atoms with Crippen LogP contribution in [0.15, 0.2) is 406 Å². The first-order chi connectivity index (χ1) is 63.3. The molecule has 0 radical (unpaired) electrons. The van der Waals surface area contributed by atoms with E-state index in [-0.39, 0.29) is 16.2 Å². The van der Waals surface area contributed by atoms with Crippen molar-refractivity contribution in [2.45, 2.75) is 57.8 Å². The fourth-order valence-electron chi connectivity index (χ4n) is 22.7. The summed E-state index contributed by atoms with van der Waals surface area (Å²) in [6.45, 7) is 14.2. The van der Waals surface area contributed by atoms with Gasteiger partial charge in [-0.15, -0.1) is 34.0 Å². The lowest BCUT2D eigenvalue weighted by atomic mass is 9.82. The van der Waals surface area contributed by atoms with Crippen molar-refractivity contribution in [2.75, 3.05) is 0 Å². The Morgan fingerprint density at radius 2 is 0.442 bits per heavy atom. The number of rotatable bonds is 7. The molecule has 19 aromatic carbocycles. The van der Waals surface area contributed by atoms with Gasteiger partial charge in [-0.3, -0.25) is 0 Å². The lowest BCUT2D eigenvalue weighted by Crippen LogP contribution is -2.14. The van der Waals surface area contributed by atoms with Crippen LogP contribution in [0.25, 0.3) is 221 Å². The molecule has 3 aliphatic rings. The van der Waals surface area contributed by atoms with Gasteiger partial charge in [0.25, 0.3) is 0 Å². The van der Waals surface area contributed by atoms with E-state index in [1.54, 1.807) is 0 Å². The fraction of sp³-hybridized carbons (Fsp3) is 0.0732. The minimum atomic E-state index is 0.00835. The zero-order valence-corrected chi connectivity index (χ0v) is 74.7. The second-order valence-corrected chi connectivity index (χ2v) is 39.9. The van der Waals surface area contributed by atoms with Crippen molar-refractivity contribution >= 4 is 160 Å². The summed E-state index contributed by atoms with van der Waals surface area (Å²) in [6, 6.07) is 150. The van der Waals surface area contributed by atoms with E-state index >= 15 is 0 Å². The Morgan fingerprint density at radius 3 is 0.853 bits per heavy atom. The lowest BCUT2D eigenvalue weighted by molar-refractivity contribution is 0.661. The summed E-state index contributed by atoms with van der Waals surface area (Å²) in [5.41, 5.74) is 38.2. The van der Waals surface area contributed by atoms with Crippen molar-refractivity contribution in [1.82, 2.24) is 13.7 Å². The van der Waals surface area contributed by atoms with Crippen LogP contribution in [0.4, 0.5) is 0 Å². The monoisotopic (exact) mass is 1700 g/mol. The van der Waals surface area contributed by atoms with E-state index in [4.69, 9.17) is 0 Å². The molecule has 0 fully saturated rings. The smallest absolute Gasteiger partial charge is 0.0541 e. The van der Waals surface area contributed by atoms with Crippen molar-refractivity contribution < 1.29 is 0 Å². The third-order valence-corrected chi connectivity index (χ3v) is 32.7. The Balaban J connectivity index is 0.000000102. The van der Waals surface area contributed by atoms with Crippen LogP contribution in [0, 0.1) is 0 Å². The van der Waals surface area contributed by atoms with Crippen LogP contribution in [-0.4, -0.2) is 13.7 Å². The number of aromatic nitrogens is 3. The molecule has 28 rings (SSSR count). The van der Waals surface area contributed by atoms with Gasteiger partial charge in [-0.05, 0) is 173 Å². The summed E-state index contributed by atoms with van der Waals surface area (Å²) in [7, 11) is 0. The summed E-state index contributed by atoms with van der Waals surface area (Å²) in [5.74, 6) is 0. The molecular weight excluding hydrogens is 1620 g/mol. The Kier molecular flexibility index (Phi) is 16.8. The highest BCUT2D eigenvalue weighted by atomic mass is 32.1. The topological polar surface area (TPSA) is 14.8 Å². The third-order valence-electron chi connectivity index (χ3n) is 28.9. The largest absolute Gasteiger partial charge is 0.309 e. The predicted octanol–water partition coefficient (Wildman–Crippen LogP) is 35.0. The fourth-order valence-corrected chi connectivity index (χ4v) is 26.9. The maximum absolute atomic E-state index is 2.41. The first kappa shape index (κ1) is 75.6. The Morgan fingerprint density at radius 1 is 0.163 bits per heavy atom. The normalized spacial score (nSPS) is 13.7. The number of benzene rings is 19. The SMILES string of the molecule is CC1(C)c2ccccc2-c2c1ccc1c2sc2c(-c3ccc(-c4ccc5c(c4)c4ccccc4n5-c4ccccc4)cc3)cccc21.CC1(C)c2ccccc2-c2c1ccc1c2sc2c(-c3ccc(-n4c5ccccc5c5ccccc54)cc3)cccc21.CC1(C)c2ccccc2-c2c1ccc1c2sc2c(-c3cccc(-n4c5ccccc5c5ccccc54)c3)cccc21. The molecule has 0 unspecified atom stereocenters. The second-order valence-electron chi connectivity index (χ2n) is 36.8. The van der Waals surface area contributed by atoms with E-state index in [2.05, 4.69) is 462 Å². The van der Waals surface area contributed by atoms with Gasteiger partial charge >= 0.3 is 0 Å². The first-order valence-electron chi connectivity index (χ1n) is 44.9. The molecule has 0 atom stereocenters. The van der Waals surface area contributed by atoms with Crippen LogP contribution in [-0.2, 0) is 16.2 Å². The zero-order chi connectivity index (χ0) is 85.9. The zero-order valence-electron chi connectivity index (χ0n) is 72.2. The number of thiophene rings is 3. The van der Waals surface area contributed by atoms with E-state index < -0.39 is 0 Å². The molecule has 3 aliphatic carbocycles. The predicted molar refractivity (Wildman–Crippen MR) is 555 cm³/mol. The molecule has 0 N–H and O–H groups in total. The number of para-hydroxylation sites is 6. The van der Waals surface area contributed by atoms with E-state index in [0.29, 0.717) is 0 Å². The van der Waals surface area contributed by atoms with Gasteiger partial charge in [-0.25, -0.2) is 0 Å². The first-order valence-corrected chi connectivity index (χ1v) is 47.4. The molecule has 0 bridgehead atoms. The highest BCUT2D eigenvalue weighted by Gasteiger charge is 2.40. The number of hydrogen-bond acceptors (Lipinski definition) is 3. The molecule has 0 amide bonds. The van der Waals surface area contributed by atoms with Crippen LogP contribution in [0.3, 0.4) is 0 Å². The van der Waals surface area contributed by atoms with E-state index in [1.165, 1.54) is 254 Å². The quantitative estimate of drug-likeness (QED) is 0.151. The van der Waals surface area contributed by atoms with Gasteiger partial charge in [0, 0.05) is 143 Å². The molecule has 6 aromatic heterocycles. The molecule has 0 spiro atoms. The average molecular weight is 1700 g/mol. The van der Waals surface area contributed by atoms with Gasteiger partial charge in [-0.1, -0.05) is 369 Å². The maximum Gasteiger partial charge on any atom is 0.0541 e. The molecule has 129 heavy (non-hydrogen) atoms. The van der Waals surface area contributed by atoms with Crippen molar-refractivity contribution in [3.63, 3.8) is 0 Å². The highest BCUT2D eigenvalue weighted by molar-refractivity contribution is 7.28.